The first-order valence-electron chi connectivity index (χ1n) is 5.44. The number of hydrogen-bond acceptors (Lipinski definition) is 5. The number of carbonyl (C=O) groups is 1. The second-order valence-corrected chi connectivity index (χ2v) is 4.77. The fraction of sp³-hybridized carbons (Fsp3) is 0.400. The van der Waals surface area contributed by atoms with E-state index in [1.807, 2.05) is 6.92 Å². The largest absolute Gasteiger partial charge is 0.351 e. The number of carbonyl (C=O) groups excluding carboxylic acids is 1. The Morgan fingerprint density at radius 1 is 1.61 bits per heavy atom. The molecule has 0 fully saturated rings. The summed E-state index contributed by atoms with van der Waals surface area (Å²) in [5.74, 6) is 1.40. The first-order chi connectivity index (χ1) is 8.65. The molecule has 2 rings (SSSR count). The summed E-state index contributed by atoms with van der Waals surface area (Å²) in [6.07, 6.45) is 3.22. The highest BCUT2D eigenvalue weighted by Gasteiger charge is 2.07. The van der Waals surface area contributed by atoms with Gasteiger partial charge >= 0.3 is 0 Å². The normalized spacial score (nSPS) is 10.6. The van der Waals surface area contributed by atoms with Crippen LogP contribution in [0.15, 0.2) is 17.6 Å². The van der Waals surface area contributed by atoms with Crippen LogP contribution in [-0.2, 0) is 7.05 Å². The number of aromatic nitrogens is 5. The number of hydrogen-bond donors (Lipinski definition) is 2. The van der Waals surface area contributed by atoms with Crippen LogP contribution < -0.4 is 5.32 Å². The van der Waals surface area contributed by atoms with Crippen LogP contribution in [0.2, 0.25) is 0 Å². The van der Waals surface area contributed by atoms with Crippen LogP contribution in [0.4, 0.5) is 0 Å². The van der Waals surface area contributed by atoms with E-state index in [-0.39, 0.29) is 5.91 Å². The fourth-order valence-electron chi connectivity index (χ4n) is 1.33. The minimum absolute atomic E-state index is 0.116. The third kappa shape index (κ3) is 3.33. The molecule has 2 aromatic heterocycles. The van der Waals surface area contributed by atoms with Crippen molar-refractivity contribution in [3.63, 3.8) is 0 Å². The van der Waals surface area contributed by atoms with Gasteiger partial charge in [-0.25, -0.2) is 4.98 Å². The van der Waals surface area contributed by atoms with Crippen LogP contribution in [0.3, 0.4) is 0 Å². The number of amides is 1. The lowest BCUT2D eigenvalue weighted by Gasteiger charge is -2.01. The summed E-state index contributed by atoms with van der Waals surface area (Å²) in [5, 5.41) is 14.2. The number of rotatable bonds is 5. The third-order valence-electron chi connectivity index (χ3n) is 2.16. The Bertz CT molecular complexity index is 534. The fourth-order valence-corrected chi connectivity index (χ4v) is 2.03. The number of nitrogens with one attached hydrogen (secondary N) is 2. The zero-order chi connectivity index (χ0) is 13.0. The molecule has 0 atom stereocenters. The molecule has 1 amide bonds. The molecule has 96 valence electrons. The maximum Gasteiger partial charge on any atom is 0.254 e. The number of aryl methyl sites for hydroxylation is 2. The van der Waals surface area contributed by atoms with Crippen molar-refractivity contribution in [2.24, 2.45) is 7.05 Å². The minimum Gasteiger partial charge on any atom is -0.351 e. The number of thioether (sulfide) groups is 1. The molecule has 0 bridgehead atoms. The second-order valence-electron chi connectivity index (χ2n) is 3.71. The average molecular weight is 266 g/mol. The number of nitrogens with zero attached hydrogens (tertiary/aromatic N) is 4. The summed E-state index contributed by atoms with van der Waals surface area (Å²) in [4.78, 5) is 15.8. The molecule has 0 aliphatic heterocycles. The van der Waals surface area contributed by atoms with E-state index in [0.717, 1.165) is 11.6 Å². The molecular formula is C10H14N6OS. The van der Waals surface area contributed by atoms with E-state index in [9.17, 15) is 4.79 Å². The van der Waals surface area contributed by atoms with Gasteiger partial charge in [0.05, 0.1) is 11.8 Å². The molecule has 0 saturated heterocycles. The summed E-state index contributed by atoms with van der Waals surface area (Å²) >= 11 is 1.49. The van der Waals surface area contributed by atoms with E-state index in [1.54, 1.807) is 24.1 Å². The summed E-state index contributed by atoms with van der Waals surface area (Å²) in [5.41, 5.74) is 0.566. The van der Waals surface area contributed by atoms with E-state index < -0.39 is 0 Å². The molecule has 2 heterocycles. The number of aromatic amines is 1. The maximum atomic E-state index is 11.7. The Labute approximate surface area is 108 Å². The molecule has 0 aliphatic carbocycles. The van der Waals surface area contributed by atoms with Crippen LogP contribution >= 0.6 is 11.8 Å². The Morgan fingerprint density at radius 2 is 2.44 bits per heavy atom. The topological polar surface area (TPSA) is 88.5 Å². The van der Waals surface area contributed by atoms with Gasteiger partial charge in [-0.3, -0.25) is 14.6 Å². The monoisotopic (exact) mass is 266 g/mol. The van der Waals surface area contributed by atoms with Crippen LogP contribution in [0.25, 0.3) is 0 Å². The summed E-state index contributed by atoms with van der Waals surface area (Å²) in [7, 11) is 1.78. The van der Waals surface area contributed by atoms with Gasteiger partial charge in [0, 0.05) is 25.5 Å². The molecule has 0 aliphatic rings. The Hall–Kier alpha value is -1.83. The highest BCUT2D eigenvalue weighted by Crippen LogP contribution is 2.10. The molecule has 2 aromatic rings. The van der Waals surface area contributed by atoms with Crippen molar-refractivity contribution in [3.05, 3.63) is 23.8 Å². The molecular weight excluding hydrogens is 252 g/mol. The predicted molar refractivity (Wildman–Crippen MR) is 67.4 cm³/mol. The van der Waals surface area contributed by atoms with Gasteiger partial charge in [0.1, 0.15) is 5.82 Å². The first kappa shape index (κ1) is 12.6. The van der Waals surface area contributed by atoms with E-state index in [2.05, 4.69) is 25.6 Å². The lowest BCUT2D eigenvalue weighted by molar-refractivity contribution is 0.0956. The lowest BCUT2D eigenvalue weighted by Crippen LogP contribution is -2.25. The molecule has 0 aromatic carbocycles. The van der Waals surface area contributed by atoms with Gasteiger partial charge in [-0.1, -0.05) is 11.8 Å². The third-order valence-corrected chi connectivity index (χ3v) is 3.01. The van der Waals surface area contributed by atoms with Crippen molar-refractivity contribution >= 4 is 17.7 Å². The molecule has 8 heteroatoms. The molecule has 0 spiro atoms. The maximum absolute atomic E-state index is 11.7. The molecule has 7 nitrogen and oxygen atoms in total. The van der Waals surface area contributed by atoms with E-state index in [4.69, 9.17) is 0 Å². The molecule has 0 unspecified atom stereocenters. The van der Waals surface area contributed by atoms with Gasteiger partial charge in [0.15, 0.2) is 0 Å². The number of H-pyrrole nitrogens is 1. The van der Waals surface area contributed by atoms with Crippen molar-refractivity contribution in [2.75, 3.05) is 12.3 Å². The Balaban J connectivity index is 1.71. The van der Waals surface area contributed by atoms with Crippen molar-refractivity contribution in [3.8, 4) is 0 Å². The van der Waals surface area contributed by atoms with Crippen LogP contribution in [0.5, 0.6) is 0 Å². The first-order valence-corrected chi connectivity index (χ1v) is 6.42. The van der Waals surface area contributed by atoms with E-state index in [0.29, 0.717) is 17.3 Å². The smallest absolute Gasteiger partial charge is 0.254 e. The molecule has 2 N–H and O–H groups in total. The summed E-state index contributed by atoms with van der Waals surface area (Å²) in [6.45, 7) is 2.41. The van der Waals surface area contributed by atoms with Crippen LogP contribution in [0, 0.1) is 6.92 Å². The van der Waals surface area contributed by atoms with Crippen molar-refractivity contribution < 1.29 is 4.79 Å². The van der Waals surface area contributed by atoms with Gasteiger partial charge < -0.3 is 5.32 Å². The van der Waals surface area contributed by atoms with Crippen LogP contribution in [-0.4, -0.2) is 43.2 Å². The van der Waals surface area contributed by atoms with Gasteiger partial charge in [-0.2, -0.15) is 5.10 Å². The van der Waals surface area contributed by atoms with E-state index >= 15 is 0 Å². The van der Waals surface area contributed by atoms with Gasteiger partial charge in [-0.05, 0) is 6.92 Å². The zero-order valence-electron chi connectivity index (χ0n) is 10.2. The van der Waals surface area contributed by atoms with Gasteiger partial charge in [0.25, 0.3) is 5.91 Å². The van der Waals surface area contributed by atoms with Gasteiger partial charge in [-0.15, -0.1) is 5.10 Å². The molecule has 0 saturated carbocycles. The molecule has 0 radical (unpaired) electrons. The molecule has 18 heavy (non-hydrogen) atoms. The van der Waals surface area contributed by atoms with Crippen molar-refractivity contribution in [1.29, 1.82) is 0 Å². The highest BCUT2D eigenvalue weighted by molar-refractivity contribution is 7.99. The SMILES string of the molecule is Cc1nc(SCCNC(=O)c2cnn(C)c2)n[nH]1. The zero-order valence-corrected chi connectivity index (χ0v) is 11.0. The Morgan fingerprint density at radius 3 is 3.06 bits per heavy atom. The summed E-state index contributed by atoms with van der Waals surface area (Å²) < 4.78 is 1.60. The van der Waals surface area contributed by atoms with Crippen molar-refractivity contribution in [2.45, 2.75) is 12.1 Å². The highest BCUT2D eigenvalue weighted by atomic mass is 32.2. The second kappa shape index (κ2) is 5.67. The average Bonchev–Trinajstić information content (AvgIpc) is 2.93. The predicted octanol–water partition coefficient (Wildman–Crippen LogP) is 0.369. The van der Waals surface area contributed by atoms with Gasteiger partial charge in [0.2, 0.25) is 5.16 Å². The standard InChI is InChI=1S/C10H14N6OS/c1-7-13-10(15-14-7)18-4-3-11-9(17)8-5-12-16(2)6-8/h5-6H,3-4H2,1-2H3,(H,11,17)(H,13,14,15). The summed E-state index contributed by atoms with van der Waals surface area (Å²) in [6, 6.07) is 0. The quantitative estimate of drug-likeness (QED) is 0.603. The van der Waals surface area contributed by atoms with E-state index in [1.165, 1.54) is 11.8 Å². The lowest BCUT2D eigenvalue weighted by atomic mass is 10.3. The minimum atomic E-state index is -0.116. The van der Waals surface area contributed by atoms with Crippen molar-refractivity contribution in [1.82, 2.24) is 30.3 Å². The Kier molecular flexibility index (Phi) is 3.98. The van der Waals surface area contributed by atoms with Crippen LogP contribution in [0.1, 0.15) is 16.2 Å².